The van der Waals surface area contributed by atoms with Gasteiger partial charge in [0.15, 0.2) is 5.75 Å². The quantitative estimate of drug-likeness (QED) is 0.399. The fourth-order valence-electron chi connectivity index (χ4n) is 2.41. The van der Waals surface area contributed by atoms with Crippen LogP contribution in [0.25, 0.3) is 0 Å². The molecule has 0 aromatic heterocycles. The summed E-state index contributed by atoms with van der Waals surface area (Å²) < 4.78 is 5.12. The van der Waals surface area contributed by atoms with E-state index >= 15 is 0 Å². The first-order valence-electron chi connectivity index (χ1n) is 7.12. The number of hydrogen-bond acceptors (Lipinski definition) is 6. The third-order valence-corrected chi connectivity index (χ3v) is 3.42. The summed E-state index contributed by atoms with van der Waals surface area (Å²) in [5.41, 5.74) is 0.855. The minimum Gasteiger partial charge on any atom is -0.423 e. The molecule has 2 aromatic carbocycles. The number of esters is 1. The molecule has 0 unspecified atom stereocenters. The Morgan fingerprint density at radius 3 is 2.83 bits per heavy atom. The van der Waals surface area contributed by atoms with Crippen LogP contribution in [0, 0.1) is 10.1 Å². The number of ether oxygens (including phenoxy) is 1. The number of non-ortho nitro benzene ring substituents is 1. The van der Waals surface area contributed by atoms with Crippen LogP contribution in [0.3, 0.4) is 0 Å². The standard InChI is InChI=1S/C16H13N3O5/c20-15(17-11-4-3-5-12(8-11)19(22)23)9-18-10-16(21)24-14-7-2-1-6-13(14)18/h1-8H,9-10H2,(H,17,20). The second-order valence-corrected chi connectivity index (χ2v) is 5.15. The Bertz CT molecular complexity index is 821. The first-order chi connectivity index (χ1) is 11.5. The van der Waals surface area contributed by atoms with Crippen molar-refractivity contribution >= 4 is 28.9 Å². The lowest BCUT2D eigenvalue weighted by Gasteiger charge is -2.29. The van der Waals surface area contributed by atoms with Crippen LogP contribution in [0.4, 0.5) is 17.1 Å². The van der Waals surface area contributed by atoms with E-state index in [0.29, 0.717) is 17.1 Å². The molecule has 0 atom stereocenters. The number of carbonyl (C=O) groups excluding carboxylic acids is 2. The van der Waals surface area contributed by atoms with Crippen molar-refractivity contribution in [2.45, 2.75) is 0 Å². The van der Waals surface area contributed by atoms with Crippen molar-refractivity contribution in [2.24, 2.45) is 0 Å². The number of nitro benzene ring substituents is 1. The first kappa shape index (κ1) is 15.5. The van der Waals surface area contributed by atoms with Crippen LogP contribution >= 0.6 is 0 Å². The molecule has 2 aromatic rings. The number of benzene rings is 2. The van der Waals surface area contributed by atoms with Crippen LogP contribution in [0.2, 0.25) is 0 Å². The Labute approximate surface area is 136 Å². The maximum absolute atomic E-state index is 12.2. The molecular weight excluding hydrogens is 314 g/mol. The average molecular weight is 327 g/mol. The minimum atomic E-state index is -0.535. The van der Waals surface area contributed by atoms with E-state index in [1.165, 1.54) is 18.2 Å². The van der Waals surface area contributed by atoms with Gasteiger partial charge < -0.3 is 15.0 Å². The highest BCUT2D eigenvalue weighted by Crippen LogP contribution is 2.31. The molecule has 0 saturated carbocycles. The van der Waals surface area contributed by atoms with Gasteiger partial charge in [0.25, 0.3) is 5.69 Å². The van der Waals surface area contributed by atoms with E-state index < -0.39 is 10.9 Å². The molecule has 8 nitrogen and oxygen atoms in total. The van der Waals surface area contributed by atoms with Crippen LogP contribution in [0.15, 0.2) is 48.5 Å². The van der Waals surface area contributed by atoms with Gasteiger partial charge in [0.1, 0.15) is 6.54 Å². The fraction of sp³-hybridized carbons (Fsp3) is 0.125. The summed E-state index contributed by atoms with van der Waals surface area (Å²) in [7, 11) is 0. The summed E-state index contributed by atoms with van der Waals surface area (Å²) in [6.07, 6.45) is 0. The summed E-state index contributed by atoms with van der Waals surface area (Å²) >= 11 is 0. The molecule has 0 radical (unpaired) electrons. The number of rotatable bonds is 4. The van der Waals surface area contributed by atoms with Gasteiger partial charge in [0, 0.05) is 17.8 Å². The number of para-hydroxylation sites is 2. The van der Waals surface area contributed by atoms with Crippen molar-refractivity contribution in [3.8, 4) is 5.75 Å². The summed E-state index contributed by atoms with van der Waals surface area (Å²) in [5, 5.41) is 13.4. The van der Waals surface area contributed by atoms with E-state index in [9.17, 15) is 19.7 Å². The lowest BCUT2D eigenvalue weighted by Crippen LogP contribution is -2.41. The first-order valence-corrected chi connectivity index (χ1v) is 7.12. The van der Waals surface area contributed by atoms with Gasteiger partial charge in [-0.3, -0.25) is 14.9 Å². The number of hydrogen-bond donors (Lipinski definition) is 1. The van der Waals surface area contributed by atoms with Crippen molar-refractivity contribution in [3.63, 3.8) is 0 Å². The highest BCUT2D eigenvalue weighted by Gasteiger charge is 2.25. The topological polar surface area (TPSA) is 102 Å². The molecule has 0 fully saturated rings. The Hall–Kier alpha value is -3.42. The maximum Gasteiger partial charge on any atom is 0.331 e. The zero-order chi connectivity index (χ0) is 17.1. The van der Waals surface area contributed by atoms with Crippen molar-refractivity contribution in [3.05, 3.63) is 58.6 Å². The van der Waals surface area contributed by atoms with Gasteiger partial charge in [-0.05, 0) is 18.2 Å². The molecule has 0 bridgehead atoms. The van der Waals surface area contributed by atoms with Gasteiger partial charge in [0.05, 0.1) is 17.2 Å². The number of nitrogens with zero attached hydrogens (tertiary/aromatic N) is 2. The molecule has 0 saturated heterocycles. The fourth-order valence-corrected chi connectivity index (χ4v) is 2.41. The Balaban J connectivity index is 1.72. The van der Waals surface area contributed by atoms with Gasteiger partial charge in [-0.1, -0.05) is 18.2 Å². The van der Waals surface area contributed by atoms with Crippen LogP contribution < -0.4 is 15.0 Å². The van der Waals surface area contributed by atoms with E-state index in [0.717, 1.165) is 0 Å². The molecule has 122 valence electrons. The monoisotopic (exact) mass is 327 g/mol. The van der Waals surface area contributed by atoms with Crippen molar-refractivity contribution in [1.82, 2.24) is 0 Å². The van der Waals surface area contributed by atoms with Crippen LogP contribution in [0.1, 0.15) is 0 Å². The summed E-state index contributed by atoms with van der Waals surface area (Å²) in [5.74, 6) is -0.436. The number of amides is 1. The lowest BCUT2D eigenvalue weighted by molar-refractivity contribution is -0.384. The Kier molecular flexibility index (Phi) is 4.11. The van der Waals surface area contributed by atoms with E-state index in [2.05, 4.69) is 5.32 Å². The Morgan fingerprint density at radius 2 is 2.04 bits per heavy atom. The predicted octanol–water partition coefficient (Wildman–Crippen LogP) is 1.96. The average Bonchev–Trinajstić information content (AvgIpc) is 2.54. The molecule has 8 heteroatoms. The third kappa shape index (κ3) is 3.32. The van der Waals surface area contributed by atoms with Gasteiger partial charge in [-0.2, -0.15) is 0 Å². The van der Waals surface area contributed by atoms with Gasteiger partial charge in [-0.25, -0.2) is 4.79 Å². The van der Waals surface area contributed by atoms with Crippen molar-refractivity contribution in [2.75, 3.05) is 23.3 Å². The number of fused-ring (bicyclic) bond motifs is 1. The van der Waals surface area contributed by atoms with E-state index in [1.54, 1.807) is 35.2 Å². The maximum atomic E-state index is 12.2. The zero-order valence-corrected chi connectivity index (χ0v) is 12.5. The molecule has 1 amide bonds. The highest BCUT2D eigenvalue weighted by molar-refractivity contribution is 5.96. The van der Waals surface area contributed by atoms with Gasteiger partial charge in [0.2, 0.25) is 5.91 Å². The van der Waals surface area contributed by atoms with Crippen LogP contribution in [-0.4, -0.2) is 29.9 Å². The van der Waals surface area contributed by atoms with E-state index in [4.69, 9.17) is 4.74 Å². The third-order valence-electron chi connectivity index (χ3n) is 3.42. The van der Waals surface area contributed by atoms with Crippen molar-refractivity contribution < 1.29 is 19.2 Å². The summed E-state index contributed by atoms with van der Waals surface area (Å²) in [4.78, 5) is 35.6. The SMILES string of the molecule is O=C(CN1CC(=O)Oc2ccccc21)Nc1cccc([N+](=O)[O-])c1. The minimum absolute atomic E-state index is 0.0423. The second-order valence-electron chi connectivity index (χ2n) is 5.15. The second kappa shape index (κ2) is 6.37. The molecule has 1 heterocycles. The molecule has 24 heavy (non-hydrogen) atoms. The predicted molar refractivity (Wildman–Crippen MR) is 86.0 cm³/mol. The van der Waals surface area contributed by atoms with E-state index in [1.807, 2.05) is 0 Å². The summed E-state index contributed by atoms with van der Waals surface area (Å²) in [6.45, 7) is -0.117. The van der Waals surface area contributed by atoms with Gasteiger partial charge in [-0.15, -0.1) is 0 Å². The van der Waals surface area contributed by atoms with Crippen molar-refractivity contribution in [1.29, 1.82) is 0 Å². The van der Waals surface area contributed by atoms with Gasteiger partial charge >= 0.3 is 5.97 Å². The molecule has 1 aliphatic heterocycles. The molecular formula is C16H13N3O5. The largest absolute Gasteiger partial charge is 0.423 e. The van der Waals surface area contributed by atoms with Crippen LogP contribution in [0.5, 0.6) is 5.75 Å². The molecule has 0 spiro atoms. The molecule has 1 aliphatic rings. The smallest absolute Gasteiger partial charge is 0.331 e. The van der Waals surface area contributed by atoms with Crippen LogP contribution in [-0.2, 0) is 9.59 Å². The number of carbonyl (C=O) groups is 2. The number of nitrogens with one attached hydrogen (secondary N) is 1. The zero-order valence-electron chi connectivity index (χ0n) is 12.5. The Morgan fingerprint density at radius 1 is 1.25 bits per heavy atom. The molecule has 3 rings (SSSR count). The number of nitro groups is 1. The molecule has 0 aliphatic carbocycles. The highest BCUT2D eigenvalue weighted by atomic mass is 16.6. The molecule has 1 N–H and O–H groups in total. The van der Waals surface area contributed by atoms with E-state index in [-0.39, 0.29) is 24.7 Å². The lowest BCUT2D eigenvalue weighted by atomic mass is 10.2. The normalized spacial score (nSPS) is 13.0. The summed E-state index contributed by atoms with van der Waals surface area (Å²) in [6, 6.07) is 12.6. The number of anilines is 2.